The Bertz CT molecular complexity index is 202. The van der Waals surface area contributed by atoms with E-state index in [4.69, 9.17) is 16.3 Å². The second kappa shape index (κ2) is 6.52. The van der Waals surface area contributed by atoms with E-state index >= 15 is 0 Å². The maximum absolute atomic E-state index is 5.80. The van der Waals surface area contributed by atoms with Crippen LogP contribution in [0.15, 0.2) is 0 Å². The Morgan fingerprint density at radius 3 is 2.57 bits per heavy atom. The molecular weight excluding hydrogens is 231 g/mol. The molecule has 1 fully saturated rings. The van der Waals surface area contributed by atoms with Gasteiger partial charge in [-0.1, -0.05) is 44.4 Å². The van der Waals surface area contributed by atoms with Gasteiger partial charge in [-0.15, -0.1) is 12.2 Å². The summed E-state index contributed by atoms with van der Waals surface area (Å²) in [4.78, 5) is 0. The molecule has 0 aromatic rings. The largest absolute Gasteiger partial charge is 0.341 e. The van der Waals surface area contributed by atoms with Gasteiger partial charge in [0.1, 0.15) is 5.47 Å². The van der Waals surface area contributed by atoms with E-state index in [9.17, 15) is 0 Å². The molecule has 0 N–H and O–H groups in total. The Balaban J connectivity index is 2.34. The van der Waals surface area contributed by atoms with E-state index in [1.54, 1.807) is 0 Å². The van der Waals surface area contributed by atoms with Gasteiger partial charge in [-0.05, 0) is 19.3 Å². The van der Waals surface area contributed by atoms with Gasteiger partial charge in [0.2, 0.25) is 0 Å². The van der Waals surface area contributed by atoms with E-state index < -0.39 is 5.47 Å². The Morgan fingerprint density at radius 2 is 2.00 bits per heavy atom. The molecule has 4 heteroatoms. The number of thiol groups is 1. The smallest absolute Gasteiger partial charge is 0.119 e. The summed E-state index contributed by atoms with van der Waals surface area (Å²) < 4.78 is 5.80. The van der Waals surface area contributed by atoms with Crippen LogP contribution in [0.4, 0.5) is 0 Å². The van der Waals surface area contributed by atoms with Crippen molar-refractivity contribution in [1.29, 1.82) is 0 Å². The lowest BCUT2D eigenvalue weighted by Crippen LogP contribution is -2.12. The molecule has 1 rings (SSSR count). The van der Waals surface area contributed by atoms with Gasteiger partial charge in [0, 0.05) is 5.66 Å². The van der Waals surface area contributed by atoms with Crippen molar-refractivity contribution in [3.63, 3.8) is 0 Å². The summed E-state index contributed by atoms with van der Waals surface area (Å²) >= 11 is 10.1. The highest BCUT2D eigenvalue weighted by atomic mass is 32.9. The van der Waals surface area contributed by atoms with Gasteiger partial charge in [-0.2, -0.15) is 0 Å². The molecule has 0 aromatic heterocycles. The molecule has 0 spiro atoms. The van der Waals surface area contributed by atoms with Crippen molar-refractivity contribution in [2.24, 2.45) is 0 Å². The summed E-state index contributed by atoms with van der Waals surface area (Å²) in [5.74, 6) is 0. The van der Waals surface area contributed by atoms with Crippen molar-refractivity contribution in [1.82, 2.24) is 0 Å². The molecule has 1 atom stereocenters. The first-order valence-electron chi connectivity index (χ1n) is 5.64. The predicted molar refractivity (Wildman–Crippen MR) is 71.0 cm³/mol. The third-order valence-corrected chi connectivity index (χ3v) is 7.34. The highest BCUT2D eigenvalue weighted by molar-refractivity contribution is 8.62. The lowest BCUT2D eigenvalue weighted by atomic mass is 10.0. The van der Waals surface area contributed by atoms with Crippen molar-refractivity contribution in [3.8, 4) is 0 Å². The normalized spacial score (nSPS) is 23.3. The molecule has 1 saturated carbocycles. The molecule has 0 saturated heterocycles. The van der Waals surface area contributed by atoms with Gasteiger partial charge in [0.15, 0.2) is 0 Å². The molecule has 0 amide bonds. The van der Waals surface area contributed by atoms with Crippen LogP contribution in [0.5, 0.6) is 0 Å². The monoisotopic (exact) mass is 252 g/mol. The van der Waals surface area contributed by atoms with Crippen molar-refractivity contribution in [2.45, 2.75) is 57.5 Å². The molecule has 0 aromatic carbocycles. The zero-order chi connectivity index (χ0) is 10.4. The summed E-state index contributed by atoms with van der Waals surface area (Å²) in [7, 11) is 0. The molecule has 0 radical (unpaired) electrons. The molecule has 84 valence electrons. The lowest BCUT2D eigenvalue weighted by molar-refractivity contribution is 0.337. The van der Waals surface area contributed by atoms with Gasteiger partial charge in [0.25, 0.3) is 0 Å². The summed E-state index contributed by atoms with van der Waals surface area (Å²) in [5.41, 5.74) is -1.18. The van der Waals surface area contributed by atoms with Crippen LogP contribution in [0.2, 0.25) is 0 Å². The second-order valence-corrected chi connectivity index (χ2v) is 10.4. The molecule has 1 aliphatic rings. The van der Waals surface area contributed by atoms with Gasteiger partial charge >= 0.3 is 0 Å². The maximum atomic E-state index is 5.80. The fourth-order valence-corrected chi connectivity index (χ4v) is 5.27. The van der Waals surface area contributed by atoms with Crippen LogP contribution < -0.4 is 0 Å². The zero-order valence-corrected chi connectivity index (χ0v) is 11.6. The fraction of sp³-hybridized carbons (Fsp3) is 1.00. The molecule has 1 nitrogen and oxygen atoms in total. The fourth-order valence-electron chi connectivity index (χ4n) is 1.85. The minimum absolute atomic E-state index is 0.589. The Kier molecular flexibility index (Phi) is 6.07. The van der Waals surface area contributed by atoms with Gasteiger partial charge < -0.3 is 4.52 Å². The van der Waals surface area contributed by atoms with Gasteiger partial charge in [-0.25, -0.2) is 0 Å². The van der Waals surface area contributed by atoms with E-state index in [0.717, 1.165) is 13.0 Å². The van der Waals surface area contributed by atoms with E-state index in [0.29, 0.717) is 5.66 Å². The summed E-state index contributed by atoms with van der Waals surface area (Å²) in [6.07, 6.45) is 8.79. The first-order valence-corrected chi connectivity index (χ1v) is 9.58. The van der Waals surface area contributed by atoms with Crippen LogP contribution in [0, 0.1) is 0 Å². The van der Waals surface area contributed by atoms with Crippen LogP contribution in [0.25, 0.3) is 0 Å². The number of unbranched alkanes of at least 4 members (excludes halogenated alkanes) is 1. The first-order chi connectivity index (χ1) is 6.67. The van der Waals surface area contributed by atoms with Crippen LogP contribution in [-0.2, 0) is 16.3 Å². The predicted octanol–water partition coefficient (Wildman–Crippen LogP) is 4.38. The van der Waals surface area contributed by atoms with Crippen LogP contribution >= 0.6 is 17.7 Å². The minimum atomic E-state index is -1.77. The SMILES string of the molecule is CCCCOP(=S)(S)C1CCCCC1. The Morgan fingerprint density at radius 1 is 1.36 bits per heavy atom. The number of hydrogen-bond acceptors (Lipinski definition) is 2. The third-order valence-electron chi connectivity index (χ3n) is 2.81. The van der Waals surface area contributed by atoms with Crippen molar-refractivity contribution < 1.29 is 4.52 Å². The molecule has 0 aliphatic heterocycles. The van der Waals surface area contributed by atoms with E-state index in [1.807, 2.05) is 0 Å². The summed E-state index contributed by atoms with van der Waals surface area (Å²) in [6, 6.07) is 0. The van der Waals surface area contributed by atoms with Crippen LogP contribution in [-0.4, -0.2) is 12.3 Å². The summed E-state index contributed by atoms with van der Waals surface area (Å²) in [6.45, 7) is 2.99. The molecule has 1 unspecified atom stereocenters. The third kappa shape index (κ3) is 4.22. The molecular formula is C10H21OPS2. The highest BCUT2D eigenvalue weighted by Gasteiger charge is 2.27. The quantitative estimate of drug-likeness (QED) is 0.442. The van der Waals surface area contributed by atoms with Crippen molar-refractivity contribution in [2.75, 3.05) is 6.61 Å². The number of hydrogen-bond donors (Lipinski definition) is 1. The molecule has 0 heterocycles. The topological polar surface area (TPSA) is 9.23 Å². The molecule has 1 aliphatic carbocycles. The van der Waals surface area contributed by atoms with Crippen LogP contribution in [0.1, 0.15) is 51.9 Å². The molecule has 14 heavy (non-hydrogen) atoms. The van der Waals surface area contributed by atoms with E-state index in [1.165, 1.54) is 38.5 Å². The van der Waals surface area contributed by atoms with E-state index in [-0.39, 0.29) is 0 Å². The van der Waals surface area contributed by atoms with Gasteiger partial charge in [0.05, 0.1) is 6.61 Å². The maximum Gasteiger partial charge on any atom is 0.119 e. The minimum Gasteiger partial charge on any atom is -0.341 e. The lowest BCUT2D eigenvalue weighted by Gasteiger charge is -2.29. The van der Waals surface area contributed by atoms with Crippen molar-refractivity contribution >= 4 is 29.5 Å². The number of rotatable bonds is 5. The van der Waals surface area contributed by atoms with Crippen molar-refractivity contribution in [3.05, 3.63) is 0 Å². The standard InChI is InChI=1S/C10H21OPS2/c1-2-3-9-11-12(13,14)10-7-5-4-6-8-10/h10H,2-9H2,1H3,(H,13,14). The Hall–Kier alpha value is 0.960. The second-order valence-electron chi connectivity index (χ2n) is 4.04. The Labute approximate surface area is 98.2 Å². The molecule has 0 bridgehead atoms. The van der Waals surface area contributed by atoms with Crippen LogP contribution in [0.3, 0.4) is 0 Å². The first kappa shape index (κ1) is 13.0. The average molecular weight is 252 g/mol. The highest BCUT2D eigenvalue weighted by Crippen LogP contribution is 2.60. The summed E-state index contributed by atoms with van der Waals surface area (Å²) in [5, 5.41) is 0. The average Bonchev–Trinajstić information content (AvgIpc) is 2.19. The zero-order valence-electron chi connectivity index (χ0n) is 8.95. The van der Waals surface area contributed by atoms with E-state index in [2.05, 4.69) is 19.2 Å². The van der Waals surface area contributed by atoms with Gasteiger partial charge in [-0.3, -0.25) is 0 Å².